The van der Waals surface area contributed by atoms with Crippen molar-refractivity contribution in [3.05, 3.63) is 50.9 Å². The number of fused-ring (bicyclic) bond motifs is 1. The van der Waals surface area contributed by atoms with Crippen LogP contribution in [0.3, 0.4) is 0 Å². The summed E-state index contributed by atoms with van der Waals surface area (Å²) in [6.07, 6.45) is 1.19. The molecule has 0 fully saturated rings. The standard InChI is InChI=1S/C11H6N4O3S2/c16-9-6-3-1-2-4-7(6)13-10(14-9)20-11-12-5-8(19-11)15(17)18/h1-5H,(H,13,14,16). The van der Waals surface area contributed by atoms with Gasteiger partial charge in [-0.25, -0.2) is 4.98 Å². The number of nitrogens with one attached hydrogen (secondary N) is 1. The van der Waals surface area contributed by atoms with Gasteiger partial charge in [0.1, 0.15) is 6.20 Å². The molecule has 2 heterocycles. The molecule has 1 aromatic carbocycles. The van der Waals surface area contributed by atoms with Crippen molar-refractivity contribution in [1.82, 2.24) is 15.0 Å². The summed E-state index contributed by atoms with van der Waals surface area (Å²) in [6, 6.07) is 7.02. The lowest BCUT2D eigenvalue weighted by molar-refractivity contribution is -0.380. The summed E-state index contributed by atoms with van der Waals surface area (Å²) in [5.74, 6) is 0. The highest BCUT2D eigenvalue weighted by Gasteiger charge is 2.13. The molecule has 0 amide bonds. The fourth-order valence-corrected chi connectivity index (χ4v) is 3.27. The predicted octanol–water partition coefficient (Wildman–Crippen LogP) is 2.44. The molecule has 1 N–H and O–H groups in total. The highest BCUT2D eigenvalue weighted by Crippen LogP contribution is 2.32. The zero-order chi connectivity index (χ0) is 14.1. The Labute approximate surface area is 119 Å². The Morgan fingerprint density at radius 1 is 1.35 bits per heavy atom. The van der Waals surface area contributed by atoms with Gasteiger partial charge < -0.3 is 4.98 Å². The maximum absolute atomic E-state index is 11.8. The highest BCUT2D eigenvalue weighted by atomic mass is 32.2. The second-order valence-corrected chi connectivity index (χ2v) is 5.96. The third kappa shape index (κ3) is 2.40. The number of nitrogens with zero attached hydrogens (tertiary/aromatic N) is 3. The zero-order valence-electron chi connectivity index (χ0n) is 9.77. The normalized spacial score (nSPS) is 10.8. The van der Waals surface area contributed by atoms with Crippen molar-refractivity contribution in [1.29, 1.82) is 0 Å². The number of hydrogen-bond donors (Lipinski definition) is 1. The molecule has 20 heavy (non-hydrogen) atoms. The van der Waals surface area contributed by atoms with Crippen molar-refractivity contribution >= 4 is 39.0 Å². The van der Waals surface area contributed by atoms with Gasteiger partial charge in [-0.05, 0) is 35.2 Å². The summed E-state index contributed by atoms with van der Waals surface area (Å²) in [7, 11) is 0. The SMILES string of the molecule is O=c1nc(Sc2ncc([N+](=O)[O-])s2)[nH]c2ccccc12. The smallest absolute Gasteiger partial charge is 0.334 e. The van der Waals surface area contributed by atoms with Crippen LogP contribution in [0.15, 0.2) is 44.8 Å². The quantitative estimate of drug-likeness (QED) is 0.453. The fraction of sp³-hybridized carbons (Fsp3) is 0. The molecule has 0 spiro atoms. The van der Waals surface area contributed by atoms with Crippen molar-refractivity contribution in [3.8, 4) is 0 Å². The lowest BCUT2D eigenvalue weighted by Gasteiger charge is -2.00. The van der Waals surface area contributed by atoms with Crippen LogP contribution >= 0.6 is 23.1 Å². The molecule has 3 aromatic rings. The van der Waals surface area contributed by atoms with E-state index in [1.165, 1.54) is 6.20 Å². The van der Waals surface area contributed by atoms with E-state index in [0.29, 0.717) is 20.4 Å². The van der Waals surface area contributed by atoms with E-state index in [1.807, 2.05) is 0 Å². The van der Waals surface area contributed by atoms with Crippen LogP contribution in [0.4, 0.5) is 5.00 Å². The Hall–Kier alpha value is -2.26. The van der Waals surface area contributed by atoms with Crippen LogP contribution in [0.5, 0.6) is 0 Å². The van der Waals surface area contributed by atoms with Crippen molar-refractivity contribution in [2.24, 2.45) is 0 Å². The molecule has 0 aliphatic carbocycles. The Balaban J connectivity index is 1.98. The van der Waals surface area contributed by atoms with Crippen LogP contribution in [0.1, 0.15) is 0 Å². The second kappa shape index (κ2) is 5.02. The number of benzene rings is 1. The lowest BCUT2D eigenvalue weighted by atomic mass is 10.2. The fourth-order valence-electron chi connectivity index (χ4n) is 1.59. The number of aromatic nitrogens is 3. The average molecular weight is 306 g/mol. The lowest BCUT2D eigenvalue weighted by Crippen LogP contribution is -2.08. The number of rotatable bonds is 3. The molecule has 0 aliphatic rings. The molecule has 0 saturated heterocycles. The van der Waals surface area contributed by atoms with E-state index in [2.05, 4.69) is 15.0 Å². The van der Waals surface area contributed by atoms with E-state index in [1.54, 1.807) is 24.3 Å². The maximum Gasteiger partial charge on any atom is 0.344 e. The van der Waals surface area contributed by atoms with E-state index in [0.717, 1.165) is 23.1 Å². The number of aromatic amines is 1. The van der Waals surface area contributed by atoms with Gasteiger partial charge in [-0.3, -0.25) is 14.9 Å². The van der Waals surface area contributed by atoms with Gasteiger partial charge in [0.15, 0.2) is 9.50 Å². The van der Waals surface area contributed by atoms with Crippen LogP contribution in [0.25, 0.3) is 10.9 Å². The first-order valence-corrected chi connectivity index (χ1v) is 7.04. The molecule has 0 saturated carbocycles. The van der Waals surface area contributed by atoms with Gasteiger partial charge in [0.25, 0.3) is 5.56 Å². The minimum atomic E-state index is -0.502. The first kappa shape index (κ1) is 12.8. The molecule has 2 aromatic heterocycles. The van der Waals surface area contributed by atoms with E-state index in [4.69, 9.17) is 0 Å². The topological polar surface area (TPSA) is 102 Å². The van der Waals surface area contributed by atoms with Crippen LogP contribution < -0.4 is 5.56 Å². The average Bonchev–Trinajstić information content (AvgIpc) is 2.87. The van der Waals surface area contributed by atoms with Crippen molar-refractivity contribution in [2.75, 3.05) is 0 Å². The summed E-state index contributed by atoms with van der Waals surface area (Å²) in [5, 5.41) is 11.4. The summed E-state index contributed by atoms with van der Waals surface area (Å²) in [6.45, 7) is 0. The molecule has 0 atom stereocenters. The largest absolute Gasteiger partial charge is 0.344 e. The van der Waals surface area contributed by atoms with Gasteiger partial charge in [-0.15, -0.1) is 0 Å². The third-order valence-corrected chi connectivity index (χ3v) is 4.35. The second-order valence-electron chi connectivity index (χ2n) is 3.72. The van der Waals surface area contributed by atoms with Gasteiger partial charge in [0.2, 0.25) is 0 Å². The molecule has 0 radical (unpaired) electrons. The van der Waals surface area contributed by atoms with Gasteiger partial charge in [0.05, 0.1) is 15.8 Å². The van der Waals surface area contributed by atoms with Crippen molar-refractivity contribution in [2.45, 2.75) is 9.50 Å². The minimum absolute atomic E-state index is 0.0457. The Morgan fingerprint density at radius 3 is 2.90 bits per heavy atom. The van der Waals surface area contributed by atoms with E-state index in [9.17, 15) is 14.9 Å². The number of hydrogen-bond acceptors (Lipinski definition) is 7. The number of nitro groups is 1. The van der Waals surface area contributed by atoms with Crippen molar-refractivity contribution in [3.63, 3.8) is 0 Å². The van der Waals surface area contributed by atoms with Crippen molar-refractivity contribution < 1.29 is 4.92 Å². The van der Waals surface area contributed by atoms with Crippen LogP contribution in [0.2, 0.25) is 0 Å². The number of para-hydroxylation sites is 1. The molecule has 0 aliphatic heterocycles. The van der Waals surface area contributed by atoms with Crippen LogP contribution in [0, 0.1) is 10.1 Å². The predicted molar refractivity (Wildman–Crippen MR) is 75.3 cm³/mol. The zero-order valence-corrected chi connectivity index (χ0v) is 11.4. The summed E-state index contributed by atoms with van der Waals surface area (Å²) in [4.78, 5) is 32.7. The summed E-state index contributed by atoms with van der Waals surface area (Å²) >= 11 is 2.03. The molecule has 9 heteroatoms. The highest BCUT2D eigenvalue weighted by molar-refractivity contribution is 8.00. The molecule has 3 rings (SSSR count). The summed E-state index contributed by atoms with van der Waals surface area (Å²) < 4.78 is 0.454. The Morgan fingerprint density at radius 2 is 2.15 bits per heavy atom. The summed E-state index contributed by atoms with van der Waals surface area (Å²) in [5.41, 5.74) is 0.328. The molecule has 0 bridgehead atoms. The van der Waals surface area contributed by atoms with Gasteiger partial charge in [0, 0.05) is 0 Å². The van der Waals surface area contributed by atoms with E-state index >= 15 is 0 Å². The van der Waals surface area contributed by atoms with Gasteiger partial charge in [-0.2, -0.15) is 4.98 Å². The first-order chi connectivity index (χ1) is 9.63. The monoisotopic (exact) mass is 306 g/mol. The van der Waals surface area contributed by atoms with Crippen LogP contribution in [-0.4, -0.2) is 19.9 Å². The minimum Gasteiger partial charge on any atom is -0.334 e. The first-order valence-electron chi connectivity index (χ1n) is 5.40. The molecule has 7 nitrogen and oxygen atoms in total. The van der Waals surface area contributed by atoms with Gasteiger partial charge in [-0.1, -0.05) is 12.1 Å². The molecular weight excluding hydrogens is 300 g/mol. The molecule has 0 unspecified atom stereocenters. The van der Waals surface area contributed by atoms with Crippen LogP contribution in [-0.2, 0) is 0 Å². The maximum atomic E-state index is 11.8. The molecular formula is C11H6N4O3S2. The number of thiazole rings is 1. The van der Waals surface area contributed by atoms with E-state index < -0.39 is 4.92 Å². The number of H-pyrrole nitrogens is 1. The van der Waals surface area contributed by atoms with E-state index in [-0.39, 0.29) is 10.6 Å². The third-order valence-electron chi connectivity index (χ3n) is 2.44. The Kier molecular flexibility index (Phi) is 3.20. The van der Waals surface area contributed by atoms with Gasteiger partial charge >= 0.3 is 5.00 Å². The Bertz CT molecular complexity index is 858. The molecule has 100 valence electrons.